The average molecular weight is 260 g/mol. The van der Waals surface area contributed by atoms with Gasteiger partial charge in [-0.15, -0.1) is 6.58 Å². The lowest BCUT2D eigenvalue weighted by Crippen LogP contribution is -2.22. The van der Waals surface area contributed by atoms with Gasteiger partial charge < -0.3 is 4.52 Å². The fourth-order valence-corrected chi connectivity index (χ4v) is 2.01. The van der Waals surface area contributed by atoms with Crippen molar-refractivity contribution in [2.45, 2.75) is 33.0 Å². The molecule has 0 amide bonds. The Morgan fingerprint density at radius 3 is 3.00 bits per heavy atom. The monoisotopic (exact) mass is 260 g/mol. The predicted octanol–water partition coefficient (Wildman–Crippen LogP) is 2.56. The number of rotatable bonds is 6. The van der Waals surface area contributed by atoms with Gasteiger partial charge in [-0.05, 0) is 20.9 Å². The molecule has 5 nitrogen and oxygen atoms in total. The van der Waals surface area contributed by atoms with Crippen LogP contribution in [0.1, 0.15) is 29.9 Å². The minimum atomic E-state index is 0.209. The Hall–Kier alpha value is -1.88. The van der Waals surface area contributed by atoms with Crippen LogP contribution in [0, 0.1) is 6.92 Å². The summed E-state index contributed by atoms with van der Waals surface area (Å²) in [6, 6.07) is 2.11. The minimum Gasteiger partial charge on any atom is -0.364 e. The Bertz CT molecular complexity index is 530. The zero-order valence-corrected chi connectivity index (χ0v) is 11.7. The smallest absolute Gasteiger partial charge is 0.124 e. The van der Waals surface area contributed by atoms with Gasteiger partial charge in [-0.3, -0.25) is 9.58 Å². The van der Waals surface area contributed by atoms with Crippen LogP contribution in [-0.4, -0.2) is 26.9 Å². The Balaban J connectivity index is 2.06. The molecular weight excluding hydrogens is 240 g/mol. The second-order valence-corrected chi connectivity index (χ2v) is 4.77. The molecule has 0 radical (unpaired) electrons. The predicted molar refractivity (Wildman–Crippen MR) is 73.5 cm³/mol. The van der Waals surface area contributed by atoms with Crippen molar-refractivity contribution >= 4 is 0 Å². The molecule has 0 saturated heterocycles. The maximum Gasteiger partial charge on any atom is 0.124 e. The fourth-order valence-electron chi connectivity index (χ4n) is 2.01. The summed E-state index contributed by atoms with van der Waals surface area (Å²) in [5.41, 5.74) is 3.22. The van der Waals surface area contributed by atoms with Gasteiger partial charge in [0.15, 0.2) is 0 Å². The molecule has 0 N–H and O–H groups in total. The van der Waals surface area contributed by atoms with Gasteiger partial charge in [0.25, 0.3) is 0 Å². The van der Waals surface area contributed by atoms with Crippen LogP contribution >= 0.6 is 0 Å². The van der Waals surface area contributed by atoms with Gasteiger partial charge in [-0.25, -0.2) is 0 Å². The molecule has 5 heteroatoms. The molecule has 0 unspecified atom stereocenters. The summed E-state index contributed by atoms with van der Waals surface area (Å²) < 4.78 is 6.80. The van der Waals surface area contributed by atoms with Gasteiger partial charge in [0.1, 0.15) is 12.0 Å². The van der Waals surface area contributed by atoms with E-state index < -0.39 is 0 Å². The highest BCUT2D eigenvalue weighted by Crippen LogP contribution is 2.19. The number of hydrogen-bond donors (Lipinski definition) is 0. The molecule has 0 saturated carbocycles. The highest BCUT2D eigenvalue weighted by Gasteiger charge is 2.16. The first-order valence-corrected chi connectivity index (χ1v) is 6.36. The van der Waals surface area contributed by atoms with Crippen molar-refractivity contribution in [3.8, 4) is 0 Å². The second-order valence-electron chi connectivity index (χ2n) is 4.77. The summed E-state index contributed by atoms with van der Waals surface area (Å²) in [6.07, 6.45) is 5.52. The van der Waals surface area contributed by atoms with Gasteiger partial charge in [-0.2, -0.15) is 5.10 Å². The molecule has 0 bridgehead atoms. The van der Waals surface area contributed by atoms with Crippen molar-refractivity contribution in [2.24, 2.45) is 0 Å². The summed E-state index contributed by atoms with van der Waals surface area (Å²) in [4.78, 5) is 2.22. The SMILES string of the molecule is C=CCn1cc(CN(C)[C@@H](C)c2ccon2)c(C)n1. The van der Waals surface area contributed by atoms with E-state index in [1.807, 2.05) is 23.7 Å². The van der Waals surface area contributed by atoms with E-state index in [9.17, 15) is 0 Å². The van der Waals surface area contributed by atoms with Crippen LogP contribution in [0.25, 0.3) is 0 Å². The number of aromatic nitrogens is 3. The normalized spacial score (nSPS) is 12.8. The number of allylic oxidation sites excluding steroid dienone is 1. The van der Waals surface area contributed by atoms with E-state index in [4.69, 9.17) is 4.52 Å². The van der Waals surface area contributed by atoms with Crippen LogP contribution in [0.5, 0.6) is 0 Å². The van der Waals surface area contributed by atoms with E-state index in [1.54, 1.807) is 6.26 Å². The average Bonchev–Trinajstić information content (AvgIpc) is 3.00. The molecule has 2 rings (SSSR count). The zero-order chi connectivity index (χ0) is 13.8. The quantitative estimate of drug-likeness (QED) is 0.749. The summed E-state index contributed by atoms with van der Waals surface area (Å²) in [5, 5.41) is 8.45. The molecule has 2 aromatic rings. The van der Waals surface area contributed by atoms with Gasteiger partial charge in [0, 0.05) is 24.4 Å². The topological polar surface area (TPSA) is 47.1 Å². The molecule has 0 aromatic carbocycles. The van der Waals surface area contributed by atoms with Crippen molar-refractivity contribution in [1.82, 2.24) is 19.8 Å². The Morgan fingerprint density at radius 1 is 1.58 bits per heavy atom. The third-order valence-corrected chi connectivity index (χ3v) is 3.33. The van der Waals surface area contributed by atoms with E-state index in [1.165, 1.54) is 5.56 Å². The van der Waals surface area contributed by atoms with E-state index in [-0.39, 0.29) is 6.04 Å². The van der Waals surface area contributed by atoms with Gasteiger partial charge >= 0.3 is 0 Å². The number of nitrogens with zero attached hydrogens (tertiary/aromatic N) is 4. The van der Waals surface area contributed by atoms with Crippen molar-refractivity contribution in [2.75, 3.05) is 7.05 Å². The molecule has 102 valence electrons. The highest BCUT2D eigenvalue weighted by atomic mass is 16.5. The first-order chi connectivity index (χ1) is 9.11. The summed E-state index contributed by atoms with van der Waals surface area (Å²) in [5.74, 6) is 0. The van der Waals surface area contributed by atoms with Crippen molar-refractivity contribution < 1.29 is 4.52 Å². The van der Waals surface area contributed by atoms with Crippen LogP contribution in [0.3, 0.4) is 0 Å². The zero-order valence-electron chi connectivity index (χ0n) is 11.7. The second kappa shape index (κ2) is 5.84. The first-order valence-electron chi connectivity index (χ1n) is 6.36. The van der Waals surface area contributed by atoms with Crippen molar-refractivity contribution in [3.05, 3.63) is 48.1 Å². The van der Waals surface area contributed by atoms with Crippen LogP contribution in [0.4, 0.5) is 0 Å². The summed E-state index contributed by atoms with van der Waals surface area (Å²) >= 11 is 0. The van der Waals surface area contributed by atoms with Crippen LogP contribution in [-0.2, 0) is 13.1 Å². The molecular formula is C14H20N4O. The lowest BCUT2D eigenvalue weighted by molar-refractivity contribution is 0.240. The first kappa shape index (κ1) is 13.5. The van der Waals surface area contributed by atoms with E-state index in [0.717, 1.165) is 24.5 Å². The molecule has 2 heterocycles. The molecule has 2 aromatic heterocycles. The Morgan fingerprint density at radius 2 is 2.37 bits per heavy atom. The van der Waals surface area contributed by atoms with E-state index >= 15 is 0 Å². The highest BCUT2D eigenvalue weighted by molar-refractivity contribution is 5.16. The van der Waals surface area contributed by atoms with Crippen LogP contribution in [0.2, 0.25) is 0 Å². The number of hydrogen-bond acceptors (Lipinski definition) is 4. The summed E-state index contributed by atoms with van der Waals surface area (Å²) in [7, 11) is 2.07. The van der Waals surface area contributed by atoms with Crippen LogP contribution in [0.15, 0.2) is 35.7 Å². The fraction of sp³-hybridized carbons (Fsp3) is 0.429. The third-order valence-electron chi connectivity index (χ3n) is 3.33. The molecule has 0 fully saturated rings. The Kier molecular flexibility index (Phi) is 4.16. The standard InChI is InChI=1S/C14H20N4O/c1-5-7-18-10-13(11(2)15-18)9-17(4)12(3)14-6-8-19-16-14/h5-6,8,10,12H,1,7,9H2,2-4H3/t12-/m0/s1. The minimum absolute atomic E-state index is 0.209. The number of aryl methyl sites for hydroxylation is 1. The molecule has 0 aliphatic rings. The maximum absolute atomic E-state index is 4.89. The lowest BCUT2D eigenvalue weighted by atomic mass is 10.2. The van der Waals surface area contributed by atoms with Gasteiger partial charge in [-0.1, -0.05) is 11.2 Å². The molecule has 0 aliphatic heterocycles. The molecule has 0 spiro atoms. The summed E-state index contributed by atoms with van der Waals surface area (Å²) in [6.45, 7) is 9.44. The van der Waals surface area contributed by atoms with Crippen LogP contribution < -0.4 is 0 Å². The van der Waals surface area contributed by atoms with E-state index in [0.29, 0.717) is 0 Å². The van der Waals surface area contributed by atoms with Crippen molar-refractivity contribution in [1.29, 1.82) is 0 Å². The third kappa shape index (κ3) is 3.12. The molecule has 19 heavy (non-hydrogen) atoms. The van der Waals surface area contributed by atoms with E-state index in [2.05, 4.69) is 41.9 Å². The van der Waals surface area contributed by atoms with Crippen molar-refractivity contribution in [3.63, 3.8) is 0 Å². The van der Waals surface area contributed by atoms with Gasteiger partial charge in [0.05, 0.1) is 18.3 Å². The largest absolute Gasteiger partial charge is 0.364 e. The van der Waals surface area contributed by atoms with Gasteiger partial charge in [0.2, 0.25) is 0 Å². The molecule has 1 atom stereocenters. The maximum atomic E-state index is 4.89. The molecule has 0 aliphatic carbocycles. The Labute approximate surface area is 113 Å². The lowest BCUT2D eigenvalue weighted by Gasteiger charge is -2.22.